The van der Waals surface area contributed by atoms with Gasteiger partial charge in [0, 0.05) is 0 Å². The highest BCUT2D eigenvalue weighted by Crippen LogP contribution is 2.16. The van der Waals surface area contributed by atoms with Gasteiger partial charge >= 0.3 is 11.9 Å². The molecule has 0 unspecified atom stereocenters. The molecule has 5 heteroatoms. The van der Waals surface area contributed by atoms with Gasteiger partial charge in [-0.15, -0.1) is 0 Å². The fourth-order valence-electron chi connectivity index (χ4n) is 0.299. The highest BCUT2D eigenvalue weighted by Gasteiger charge is 2.25. The van der Waals surface area contributed by atoms with Gasteiger partial charge < -0.3 is 9.84 Å². The summed E-state index contributed by atoms with van der Waals surface area (Å²) >= 11 is 3.03. The Hall–Kier alpha value is -0.580. The summed E-state index contributed by atoms with van der Waals surface area (Å²) in [5, 5.41) is 8.14. The van der Waals surface area contributed by atoms with Crippen LogP contribution in [0.1, 0.15) is 13.8 Å². The van der Waals surface area contributed by atoms with E-state index in [1.54, 1.807) is 13.8 Å². The van der Waals surface area contributed by atoms with Gasteiger partial charge in [-0.2, -0.15) is 0 Å². The average molecular weight is 225 g/mol. The number of ether oxygens (including phenoxy) is 1. The lowest BCUT2D eigenvalue weighted by Crippen LogP contribution is -2.28. The topological polar surface area (TPSA) is 63.6 Å². The van der Waals surface area contributed by atoms with Crippen LogP contribution in [0.3, 0.4) is 0 Å². The zero-order valence-electron chi connectivity index (χ0n) is 6.26. The van der Waals surface area contributed by atoms with E-state index in [4.69, 9.17) is 5.11 Å². The quantitative estimate of drug-likeness (QED) is 0.569. The fourth-order valence-corrected chi connectivity index (χ4v) is 0.413. The molecule has 11 heavy (non-hydrogen) atoms. The summed E-state index contributed by atoms with van der Waals surface area (Å²) in [5.74, 6) is -1.74. The Balaban J connectivity index is 3.80. The van der Waals surface area contributed by atoms with E-state index in [1.807, 2.05) is 0 Å². The molecule has 0 atom stereocenters. The predicted octanol–water partition coefficient (Wildman–Crippen LogP) is 0.788. The van der Waals surface area contributed by atoms with Gasteiger partial charge in [-0.05, 0) is 13.8 Å². The first-order valence-corrected chi connectivity index (χ1v) is 3.71. The number of hydrogen-bond acceptors (Lipinski definition) is 3. The average Bonchev–Trinajstić information content (AvgIpc) is 1.80. The first-order valence-electron chi connectivity index (χ1n) is 2.92. The summed E-state index contributed by atoms with van der Waals surface area (Å²) in [6.45, 7) is 2.57. The number of carbonyl (C=O) groups excluding carboxylic acids is 1. The van der Waals surface area contributed by atoms with Crippen molar-refractivity contribution in [2.75, 3.05) is 6.61 Å². The van der Waals surface area contributed by atoms with Crippen molar-refractivity contribution in [1.29, 1.82) is 0 Å². The molecule has 0 spiro atoms. The summed E-state index contributed by atoms with van der Waals surface area (Å²) < 4.78 is 3.57. The number of rotatable bonds is 3. The normalized spacial score (nSPS) is 10.8. The summed E-state index contributed by atoms with van der Waals surface area (Å²) in [5.41, 5.74) is 0. The Morgan fingerprint density at radius 2 is 2.00 bits per heavy atom. The summed E-state index contributed by atoms with van der Waals surface area (Å²) in [6, 6.07) is 0. The van der Waals surface area contributed by atoms with Gasteiger partial charge in [-0.1, -0.05) is 15.9 Å². The van der Waals surface area contributed by atoms with Crippen LogP contribution in [0.2, 0.25) is 0 Å². The minimum Gasteiger partial charge on any atom is -0.479 e. The number of halogens is 1. The van der Waals surface area contributed by atoms with Crippen molar-refractivity contribution in [2.24, 2.45) is 0 Å². The van der Waals surface area contributed by atoms with Gasteiger partial charge in [-0.25, -0.2) is 4.79 Å². The third-order valence-electron chi connectivity index (χ3n) is 0.812. The fraction of sp³-hybridized carbons (Fsp3) is 0.667. The van der Waals surface area contributed by atoms with Gasteiger partial charge in [0.2, 0.25) is 0 Å². The van der Waals surface area contributed by atoms with Crippen LogP contribution in [0.4, 0.5) is 0 Å². The maximum atomic E-state index is 10.8. The SMILES string of the molecule is CC(C)(Br)C(=O)OCC(=O)O. The van der Waals surface area contributed by atoms with Crippen LogP contribution in [0, 0.1) is 0 Å². The van der Waals surface area contributed by atoms with Gasteiger partial charge in [0.1, 0.15) is 4.32 Å². The molecule has 4 nitrogen and oxygen atoms in total. The molecular formula is C6H9BrO4. The van der Waals surface area contributed by atoms with Crippen LogP contribution < -0.4 is 0 Å². The van der Waals surface area contributed by atoms with Crippen LogP contribution in [0.15, 0.2) is 0 Å². The van der Waals surface area contributed by atoms with Crippen LogP contribution in [-0.4, -0.2) is 28.0 Å². The second kappa shape index (κ2) is 3.71. The van der Waals surface area contributed by atoms with E-state index in [-0.39, 0.29) is 0 Å². The smallest absolute Gasteiger partial charge is 0.341 e. The first kappa shape index (κ1) is 10.4. The van der Waals surface area contributed by atoms with E-state index in [1.165, 1.54) is 0 Å². The highest BCUT2D eigenvalue weighted by molar-refractivity contribution is 9.10. The molecule has 0 aromatic rings. The lowest BCUT2D eigenvalue weighted by molar-refractivity contribution is -0.156. The Morgan fingerprint density at radius 3 is 2.27 bits per heavy atom. The Labute approximate surface area is 72.7 Å². The second-order valence-corrected chi connectivity index (χ2v) is 4.42. The molecule has 0 aromatic carbocycles. The zero-order chi connectivity index (χ0) is 9.07. The van der Waals surface area contributed by atoms with Crippen LogP contribution >= 0.6 is 15.9 Å². The maximum absolute atomic E-state index is 10.8. The van der Waals surface area contributed by atoms with Crippen molar-refractivity contribution in [3.8, 4) is 0 Å². The molecule has 0 saturated heterocycles. The van der Waals surface area contributed by atoms with Crippen molar-refractivity contribution < 1.29 is 19.4 Å². The third kappa shape index (κ3) is 4.78. The van der Waals surface area contributed by atoms with Crippen molar-refractivity contribution in [3.05, 3.63) is 0 Å². The van der Waals surface area contributed by atoms with Crippen molar-refractivity contribution in [2.45, 2.75) is 18.2 Å². The first-order chi connectivity index (χ1) is 4.84. The predicted molar refractivity (Wildman–Crippen MR) is 41.6 cm³/mol. The van der Waals surface area contributed by atoms with Crippen molar-refractivity contribution >= 4 is 27.9 Å². The molecule has 0 amide bonds. The number of esters is 1. The van der Waals surface area contributed by atoms with Crippen molar-refractivity contribution in [3.63, 3.8) is 0 Å². The minimum absolute atomic E-state index is 0.583. The van der Waals surface area contributed by atoms with Crippen LogP contribution in [-0.2, 0) is 14.3 Å². The number of carboxylic acids is 1. The van der Waals surface area contributed by atoms with E-state index >= 15 is 0 Å². The second-order valence-electron chi connectivity index (χ2n) is 2.44. The van der Waals surface area contributed by atoms with E-state index in [9.17, 15) is 9.59 Å². The van der Waals surface area contributed by atoms with E-state index in [0.717, 1.165) is 0 Å². The minimum atomic E-state index is -1.16. The molecule has 0 rings (SSSR count). The van der Waals surface area contributed by atoms with Gasteiger partial charge in [0.05, 0.1) is 0 Å². The number of hydrogen-bond donors (Lipinski definition) is 1. The maximum Gasteiger partial charge on any atom is 0.341 e. The van der Waals surface area contributed by atoms with E-state index in [0.29, 0.717) is 0 Å². The third-order valence-corrected chi connectivity index (χ3v) is 1.14. The van der Waals surface area contributed by atoms with E-state index < -0.39 is 22.9 Å². The van der Waals surface area contributed by atoms with Gasteiger partial charge in [-0.3, -0.25) is 4.79 Å². The van der Waals surface area contributed by atoms with Crippen molar-refractivity contribution in [1.82, 2.24) is 0 Å². The molecule has 0 radical (unpaired) electrons. The number of carbonyl (C=O) groups is 2. The standard InChI is InChI=1S/C6H9BrO4/c1-6(2,7)5(10)11-3-4(8)9/h3H2,1-2H3,(H,8,9). The van der Waals surface area contributed by atoms with Gasteiger partial charge in [0.25, 0.3) is 0 Å². The summed E-state index contributed by atoms with van der Waals surface area (Å²) in [6.07, 6.45) is 0. The van der Waals surface area contributed by atoms with Crippen LogP contribution in [0.25, 0.3) is 0 Å². The molecule has 0 aliphatic rings. The molecule has 0 fully saturated rings. The number of aliphatic carboxylic acids is 1. The molecule has 1 N–H and O–H groups in total. The Kier molecular flexibility index (Phi) is 3.51. The molecule has 0 aliphatic carbocycles. The number of alkyl halides is 1. The lowest BCUT2D eigenvalue weighted by atomic mass is 10.2. The molecule has 0 saturated carbocycles. The molecule has 0 aromatic heterocycles. The highest BCUT2D eigenvalue weighted by atomic mass is 79.9. The Morgan fingerprint density at radius 1 is 1.55 bits per heavy atom. The van der Waals surface area contributed by atoms with Crippen LogP contribution in [0.5, 0.6) is 0 Å². The molecular weight excluding hydrogens is 216 g/mol. The molecule has 0 bridgehead atoms. The lowest BCUT2D eigenvalue weighted by Gasteiger charge is -2.12. The molecule has 0 aliphatic heterocycles. The zero-order valence-corrected chi connectivity index (χ0v) is 7.84. The Bertz CT molecular complexity index is 170. The molecule has 64 valence electrons. The summed E-state index contributed by atoms with van der Waals surface area (Å²) in [4.78, 5) is 20.8. The van der Waals surface area contributed by atoms with E-state index in [2.05, 4.69) is 20.7 Å². The number of carboxylic acid groups (broad SMARTS) is 1. The largest absolute Gasteiger partial charge is 0.479 e. The van der Waals surface area contributed by atoms with Gasteiger partial charge in [0.15, 0.2) is 6.61 Å². The molecule has 0 heterocycles. The monoisotopic (exact) mass is 224 g/mol. The summed E-state index contributed by atoms with van der Waals surface area (Å²) in [7, 11) is 0.